The van der Waals surface area contributed by atoms with Gasteiger partial charge in [-0.1, -0.05) is 18.2 Å². The van der Waals surface area contributed by atoms with Gasteiger partial charge in [0.05, 0.1) is 6.42 Å². The highest BCUT2D eigenvalue weighted by atomic mass is 32.1. The van der Waals surface area contributed by atoms with E-state index >= 15 is 0 Å². The van der Waals surface area contributed by atoms with Crippen LogP contribution in [0.15, 0.2) is 29.6 Å². The number of carbonyl (C=O) groups excluding carboxylic acids is 2. The molecule has 0 atom stereocenters. The van der Waals surface area contributed by atoms with Crippen molar-refractivity contribution in [3.63, 3.8) is 0 Å². The van der Waals surface area contributed by atoms with Crippen LogP contribution in [0.4, 0.5) is 10.8 Å². The standard InChI is InChI=1S/C13H14N4O2S/c1-15-11(18)6-8-4-2-3-5-9(8)16-12(19)10-7-20-13(14)17-10/h2-5,7H,6H2,1H3,(H2,14,17)(H,15,18)(H,16,19). The molecule has 0 saturated heterocycles. The van der Waals surface area contributed by atoms with Gasteiger partial charge in [-0.15, -0.1) is 11.3 Å². The van der Waals surface area contributed by atoms with Gasteiger partial charge in [0.15, 0.2) is 5.13 Å². The largest absolute Gasteiger partial charge is 0.375 e. The van der Waals surface area contributed by atoms with Gasteiger partial charge in [-0.3, -0.25) is 9.59 Å². The summed E-state index contributed by atoms with van der Waals surface area (Å²) in [6, 6.07) is 7.14. The molecule has 0 aliphatic carbocycles. The maximum atomic E-state index is 12.0. The highest BCUT2D eigenvalue weighted by Gasteiger charge is 2.13. The van der Waals surface area contributed by atoms with Crippen LogP contribution < -0.4 is 16.4 Å². The predicted molar refractivity (Wildman–Crippen MR) is 78.7 cm³/mol. The SMILES string of the molecule is CNC(=O)Cc1ccccc1NC(=O)c1csc(N)n1. The Kier molecular flexibility index (Phi) is 4.31. The molecule has 0 radical (unpaired) electrons. The highest BCUT2D eigenvalue weighted by molar-refractivity contribution is 7.13. The van der Waals surface area contributed by atoms with Crippen LogP contribution in [0.5, 0.6) is 0 Å². The first-order valence-corrected chi connectivity index (χ1v) is 6.79. The first-order chi connectivity index (χ1) is 9.60. The molecule has 0 spiro atoms. The zero-order chi connectivity index (χ0) is 14.5. The van der Waals surface area contributed by atoms with E-state index in [1.54, 1.807) is 30.6 Å². The summed E-state index contributed by atoms with van der Waals surface area (Å²) in [4.78, 5) is 27.4. The number of likely N-dealkylation sites (N-methyl/N-ethyl adjacent to an activating group) is 1. The molecule has 104 valence electrons. The van der Waals surface area contributed by atoms with E-state index in [1.165, 1.54) is 11.3 Å². The topological polar surface area (TPSA) is 97.1 Å². The Bertz CT molecular complexity index is 639. The van der Waals surface area contributed by atoms with Gasteiger partial charge in [-0.25, -0.2) is 4.98 Å². The van der Waals surface area contributed by atoms with E-state index in [-0.39, 0.29) is 23.9 Å². The molecule has 6 nitrogen and oxygen atoms in total. The van der Waals surface area contributed by atoms with E-state index in [1.807, 2.05) is 6.07 Å². The molecule has 0 bridgehead atoms. The van der Waals surface area contributed by atoms with Crippen LogP contribution >= 0.6 is 11.3 Å². The van der Waals surface area contributed by atoms with Gasteiger partial charge in [-0.2, -0.15) is 0 Å². The normalized spacial score (nSPS) is 10.1. The van der Waals surface area contributed by atoms with E-state index in [4.69, 9.17) is 5.73 Å². The van der Waals surface area contributed by atoms with Gasteiger partial charge in [-0.05, 0) is 11.6 Å². The van der Waals surface area contributed by atoms with E-state index in [9.17, 15) is 9.59 Å². The Morgan fingerprint density at radius 3 is 2.75 bits per heavy atom. The van der Waals surface area contributed by atoms with Crippen molar-refractivity contribution < 1.29 is 9.59 Å². The second-order valence-electron chi connectivity index (χ2n) is 4.03. The number of aromatic nitrogens is 1. The monoisotopic (exact) mass is 290 g/mol. The van der Waals surface area contributed by atoms with Crippen molar-refractivity contribution in [2.24, 2.45) is 0 Å². The van der Waals surface area contributed by atoms with Crippen molar-refractivity contribution in [1.29, 1.82) is 0 Å². The summed E-state index contributed by atoms with van der Waals surface area (Å²) in [5, 5.41) is 7.22. The van der Waals surface area contributed by atoms with Crippen molar-refractivity contribution in [2.75, 3.05) is 18.1 Å². The second kappa shape index (κ2) is 6.16. The molecule has 2 rings (SSSR count). The van der Waals surface area contributed by atoms with E-state index in [0.29, 0.717) is 10.8 Å². The van der Waals surface area contributed by atoms with Gasteiger partial charge < -0.3 is 16.4 Å². The summed E-state index contributed by atoms with van der Waals surface area (Å²) in [6.45, 7) is 0. The minimum Gasteiger partial charge on any atom is -0.375 e. The summed E-state index contributed by atoms with van der Waals surface area (Å²) in [6.07, 6.45) is 0.201. The molecule has 0 fully saturated rings. The number of hydrogen-bond acceptors (Lipinski definition) is 5. The zero-order valence-electron chi connectivity index (χ0n) is 10.8. The number of nitrogen functional groups attached to an aromatic ring is 1. The number of hydrogen-bond donors (Lipinski definition) is 3. The fourth-order valence-electron chi connectivity index (χ4n) is 1.64. The van der Waals surface area contributed by atoms with Crippen LogP contribution in [0.3, 0.4) is 0 Å². The minimum absolute atomic E-state index is 0.121. The molecule has 20 heavy (non-hydrogen) atoms. The quantitative estimate of drug-likeness (QED) is 0.789. The number of para-hydroxylation sites is 1. The maximum absolute atomic E-state index is 12.0. The average molecular weight is 290 g/mol. The summed E-state index contributed by atoms with van der Waals surface area (Å²) in [5.41, 5.74) is 7.09. The van der Waals surface area contributed by atoms with Crippen LogP contribution in [0.2, 0.25) is 0 Å². The lowest BCUT2D eigenvalue weighted by Crippen LogP contribution is -2.21. The highest BCUT2D eigenvalue weighted by Crippen LogP contribution is 2.18. The summed E-state index contributed by atoms with van der Waals surface area (Å²) >= 11 is 1.20. The van der Waals surface area contributed by atoms with Crippen molar-refractivity contribution in [3.8, 4) is 0 Å². The summed E-state index contributed by atoms with van der Waals surface area (Å²) < 4.78 is 0. The number of thiazole rings is 1. The molecule has 0 saturated carbocycles. The summed E-state index contributed by atoms with van der Waals surface area (Å²) in [7, 11) is 1.57. The van der Waals surface area contributed by atoms with Gasteiger partial charge >= 0.3 is 0 Å². The van der Waals surface area contributed by atoms with Crippen LogP contribution in [-0.4, -0.2) is 23.8 Å². The molecule has 1 aromatic carbocycles. The Morgan fingerprint density at radius 1 is 1.35 bits per heavy atom. The Morgan fingerprint density at radius 2 is 2.10 bits per heavy atom. The Hall–Kier alpha value is -2.41. The van der Waals surface area contributed by atoms with E-state index < -0.39 is 0 Å². The Labute approximate surface area is 120 Å². The molecule has 2 aromatic rings. The van der Waals surface area contributed by atoms with Crippen molar-refractivity contribution in [2.45, 2.75) is 6.42 Å². The molecule has 4 N–H and O–H groups in total. The third-order valence-corrected chi connectivity index (χ3v) is 3.32. The second-order valence-corrected chi connectivity index (χ2v) is 4.92. The fraction of sp³-hybridized carbons (Fsp3) is 0.154. The molecule has 2 amide bonds. The van der Waals surface area contributed by atoms with Gasteiger partial charge in [0, 0.05) is 18.1 Å². The number of nitrogens with two attached hydrogens (primary N) is 1. The molecule has 0 unspecified atom stereocenters. The lowest BCUT2D eigenvalue weighted by Gasteiger charge is -2.09. The first kappa shape index (κ1) is 14.0. The fourth-order valence-corrected chi connectivity index (χ4v) is 2.18. The molecular formula is C13H14N4O2S. The van der Waals surface area contributed by atoms with E-state index in [0.717, 1.165) is 5.56 Å². The molecular weight excluding hydrogens is 276 g/mol. The lowest BCUT2D eigenvalue weighted by molar-refractivity contribution is -0.119. The van der Waals surface area contributed by atoms with Crippen molar-refractivity contribution in [1.82, 2.24) is 10.3 Å². The third kappa shape index (κ3) is 3.33. The number of nitrogens with zero attached hydrogens (tertiary/aromatic N) is 1. The predicted octanol–water partition coefficient (Wildman–Crippen LogP) is 1.27. The lowest BCUT2D eigenvalue weighted by atomic mass is 10.1. The van der Waals surface area contributed by atoms with Crippen molar-refractivity contribution in [3.05, 3.63) is 40.9 Å². The Balaban J connectivity index is 2.16. The number of amides is 2. The smallest absolute Gasteiger partial charge is 0.275 e. The zero-order valence-corrected chi connectivity index (χ0v) is 11.7. The van der Waals surface area contributed by atoms with Gasteiger partial charge in [0.2, 0.25) is 5.91 Å². The third-order valence-electron chi connectivity index (χ3n) is 2.65. The minimum atomic E-state index is -0.345. The van der Waals surface area contributed by atoms with Crippen LogP contribution in [-0.2, 0) is 11.2 Å². The van der Waals surface area contributed by atoms with Crippen LogP contribution in [0.25, 0.3) is 0 Å². The molecule has 1 heterocycles. The van der Waals surface area contributed by atoms with Crippen LogP contribution in [0.1, 0.15) is 16.1 Å². The number of carbonyl (C=O) groups is 2. The number of benzene rings is 1. The first-order valence-electron chi connectivity index (χ1n) is 5.91. The number of anilines is 2. The van der Waals surface area contributed by atoms with Gasteiger partial charge in [0.25, 0.3) is 5.91 Å². The van der Waals surface area contributed by atoms with E-state index in [2.05, 4.69) is 15.6 Å². The average Bonchev–Trinajstić information content (AvgIpc) is 2.87. The number of nitrogens with one attached hydrogen (secondary N) is 2. The van der Waals surface area contributed by atoms with Gasteiger partial charge in [0.1, 0.15) is 5.69 Å². The number of rotatable bonds is 4. The molecule has 1 aromatic heterocycles. The molecule has 7 heteroatoms. The molecule has 0 aliphatic heterocycles. The summed E-state index contributed by atoms with van der Waals surface area (Å²) in [5.74, 6) is -0.466. The maximum Gasteiger partial charge on any atom is 0.275 e. The van der Waals surface area contributed by atoms with Crippen molar-refractivity contribution >= 4 is 34.0 Å². The van der Waals surface area contributed by atoms with Crippen LogP contribution in [0, 0.1) is 0 Å². The molecule has 0 aliphatic rings.